The highest BCUT2D eigenvalue weighted by Crippen LogP contribution is 2.29. The van der Waals surface area contributed by atoms with Crippen LogP contribution in [0.15, 0.2) is 24.3 Å². The van der Waals surface area contributed by atoms with Crippen molar-refractivity contribution >= 4 is 10.9 Å². The van der Waals surface area contributed by atoms with Crippen molar-refractivity contribution in [3.63, 3.8) is 0 Å². The lowest BCUT2D eigenvalue weighted by molar-refractivity contribution is 0.418. The second-order valence-corrected chi connectivity index (χ2v) is 5.27. The lowest BCUT2D eigenvalue weighted by Gasteiger charge is -2.22. The van der Waals surface area contributed by atoms with Crippen molar-refractivity contribution in [2.45, 2.75) is 26.2 Å². The molecule has 2 aromatic rings. The third-order valence-electron chi connectivity index (χ3n) is 3.46. The van der Waals surface area contributed by atoms with E-state index in [1.165, 1.54) is 5.56 Å². The highest BCUT2D eigenvalue weighted by molar-refractivity contribution is 5.87. The Bertz CT molecular complexity index is 576. The average molecular weight is 244 g/mol. The molecule has 18 heavy (non-hydrogen) atoms. The maximum Gasteiger partial charge on any atom is 0.145 e. The van der Waals surface area contributed by atoms with E-state index >= 15 is 0 Å². The molecule has 2 rings (SSSR count). The van der Waals surface area contributed by atoms with Gasteiger partial charge in [-0.25, -0.2) is 4.98 Å². The van der Waals surface area contributed by atoms with Gasteiger partial charge in [-0.3, -0.25) is 0 Å². The number of benzene rings is 1. The van der Waals surface area contributed by atoms with E-state index < -0.39 is 0 Å². The summed E-state index contributed by atoms with van der Waals surface area (Å²) in [5.74, 6) is 0.810. The Morgan fingerprint density at radius 3 is 2.56 bits per heavy atom. The first kappa shape index (κ1) is 12.8. The molecule has 96 valence electrons. The minimum atomic E-state index is -0.122. The van der Waals surface area contributed by atoms with E-state index in [1.54, 1.807) is 7.11 Å². The zero-order valence-corrected chi connectivity index (χ0v) is 11.4. The van der Waals surface area contributed by atoms with E-state index in [2.05, 4.69) is 39.0 Å². The number of nitrogens with zero attached hydrogens (tertiary/aromatic N) is 1. The monoisotopic (exact) mass is 244 g/mol. The summed E-state index contributed by atoms with van der Waals surface area (Å²) in [5.41, 5.74) is 8.81. The molecule has 1 heterocycles. The molecule has 0 fully saturated rings. The Morgan fingerprint density at radius 2 is 1.94 bits per heavy atom. The summed E-state index contributed by atoms with van der Waals surface area (Å²) < 4.78 is 5.39. The smallest absolute Gasteiger partial charge is 0.145 e. The SMILES string of the molecule is COc1ccc(C)c2ccc(C(C)(C)CN)nc12. The van der Waals surface area contributed by atoms with Gasteiger partial charge in [-0.05, 0) is 24.6 Å². The van der Waals surface area contributed by atoms with E-state index in [1.807, 2.05) is 6.07 Å². The molecular weight excluding hydrogens is 224 g/mol. The summed E-state index contributed by atoms with van der Waals surface area (Å²) in [6.45, 7) is 6.85. The quantitative estimate of drug-likeness (QED) is 0.903. The number of methoxy groups -OCH3 is 1. The minimum Gasteiger partial charge on any atom is -0.494 e. The number of fused-ring (bicyclic) bond motifs is 1. The van der Waals surface area contributed by atoms with Crippen molar-refractivity contribution in [2.24, 2.45) is 5.73 Å². The van der Waals surface area contributed by atoms with Crippen molar-refractivity contribution in [3.05, 3.63) is 35.5 Å². The van der Waals surface area contributed by atoms with Crippen molar-refractivity contribution in [1.82, 2.24) is 4.98 Å². The molecule has 2 N–H and O–H groups in total. The third-order valence-corrected chi connectivity index (χ3v) is 3.46. The highest BCUT2D eigenvalue weighted by Gasteiger charge is 2.21. The van der Waals surface area contributed by atoms with Crippen LogP contribution in [-0.4, -0.2) is 18.6 Å². The van der Waals surface area contributed by atoms with Crippen molar-refractivity contribution in [1.29, 1.82) is 0 Å². The third kappa shape index (κ3) is 2.06. The fourth-order valence-electron chi connectivity index (χ4n) is 1.98. The Labute approximate surface area is 108 Å². The predicted octanol–water partition coefficient (Wildman–Crippen LogP) is 2.79. The van der Waals surface area contributed by atoms with Crippen LogP contribution in [0.25, 0.3) is 10.9 Å². The lowest BCUT2D eigenvalue weighted by atomic mass is 9.88. The van der Waals surface area contributed by atoms with Gasteiger partial charge in [0.15, 0.2) is 0 Å². The zero-order valence-electron chi connectivity index (χ0n) is 11.4. The Kier molecular flexibility index (Phi) is 3.26. The molecule has 3 nitrogen and oxygen atoms in total. The molecular formula is C15H20N2O. The largest absolute Gasteiger partial charge is 0.494 e. The van der Waals surface area contributed by atoms with Gasteiger partial charge in [0.2, 0.25) is 0 Å². The lowest BCUT2D eigenvalue weighted by Crippen LogP contribution is -2.29. The van der Waals surface area contributed by atoms with Crippen molar-refractivity contribution in [3.8, 4) is 5.75 Å². The fraction of sp³-hybridized carbons (Fsp3) is 0.400. The van der Waals surface area contributed by atoms with E-state index in [0.717, 1.165) is 22.3 Å². The molecule has 1 aromatic heterocycles. The molecule has 0 aliphatic carbocycles. The summed E-state index contributed by atoms with van der Waals surface area (Å²) >= 11 is 0. The Hall–Kier alpha value is -1.61. The maximum atomic E-state index is 5.81. The van der Waals surface area contributed by atoms with Crippen LogP contribution in [0.5, 0.6) is 5.75 Å². The first-order valence-electron chi connectivity index (χ1n) is 6.14. The number of nitrogens with two attached hydrogens (primary N) is 1. The number of ether oxygens (including phenoxy) is 1. The van der Waals surface area contributed by atoms with Crippen LogP contribution < -0.4 is 10.5 Å². The van der Waals surface area contributed by atoms with E-state index in [-0.39, 0.29) is 5.41 Å². The number of aromatic nitrogens is 1. The van der Waals surface area contributed by atoms with Crippen LogP contribution in [0.2, 0.25) is 0 Å². The molecule has 0 bridgehead atoms. The standard InChI is InChI=1S/C15H20N2O/c1-10-5-7-12(18-4)14-11(10)6-8-13(17-14)15(2,3)9-16/h5-8H,9,16H2,1-4H3. The Balaban J connectivity index is 2.70. The molecule has 1 aromatic carbocycles. The van der Waals surface area contributed by atoms with Gasteiger partial charge in [-0.1, -0.05) is 26.0 Å². The Morgan fingerprint density at radius 1 is 1.22 bits per heavy atom. The summed E-state index contributed by atoms with van der Waals surface area (Å²) in [6, 6.07) is 8.18. The van der Waals surface area contributed by atoms with E-state index in [9.17, 15) is 0 Å². The first-order chi connectivity index (χ1) is 8.49. The van der Waals surface area contributed by atoms with Gasteiger partial charge in [-0.2, -0.15) is 0 Å². The van der Waals surface area contributed by atoms with Gasteiger partial charge >= 0.3 is 0 Å². The van der Waals surface area contributed by atoms with Gasteiger partial charge in [0, 0.05) is 23.0 Å². The second kappa shape index (κ2) is 4.58. The van der Waals surface area contributed by atoms with Crippen LogP contribution in [-0.2, 0) is 5.41 Å². The van der Waals surface area contributed by atoms with Gasteiger partial charge in [0.05, 0.1) is 7.11 Å². The number of rotatable bonds is 3. The average Bonchev–Trinajstić information content (AvgIpc) is 2.39. The van der Waals surface area contributed by atoms with Crippen molar-refractivity contribution in [2.75, 3.05) is 13.7 Å². The highest BCUT2D eigenvalue weighted by atomic mass is 16.5. The van der Waals surface area contributed by atoms with Gasteiger partial charge in [0.1, 0.15) is 11.3 Å². The molecule has 0 saturated carbocycles. The van der Waals surface area contributed by atoms with Gasteiger partial charge in [0.25, 0.3) is 0 Å². The van der Waals surface area contributed by atoms with Crippen LogP contribution in [0.4, 0.5) is 0 Å². The molecule has 0 aliphatic heterocycles. The minimum absolute atomic E-state index is 0.122. The zero-order chi connectivity index (χ0) is 13.3. The number of pyridine rings is 1. The number of hydrogen-bond acceptors (Lipinski definition) is 3. The van der Waals surface area contributed by atoms with Crippen molar-refractivity contribution < 1.29 is 4.74 Å². The molecule has 0 aliphatic rings. The number of aryl methyl sites for hydroxylation is 1. The molecule has 0 amide bonds. The second-order valence-electron chi connectivity index (χ2n) is 5.27. The summed E-state index contributed by atoms with van der Waals surface area (Å²) in [4.78, 5) is 4.74. The molecule has 0 saturated heterocycles. The number of hydrogen-bond donors (Lipinski definition) is 1. The fourth-order valence-corrected chi connectivity index (χ4v) is 1.98. The first-order valence-corrected chi connectivity index (χ1v) is 6.14. The van der Waals surface area contributed by atoms with Crippen LogP contribution in [0.1, 0.15) is 25.1 Å². The van der Waals surface area contributed by atoms with Crippen LogP contribution >= 0.6 is 0 Å². The summed E-state index contributed by atoms with van der Waals surface area (Å²) in [5, 5.41) is 1.13. The predicted molar refractivity (Wildman–Crippen MR) is 75.1 cm³/mol. The molecule has 3 heteroatoms. The summed E-state index contributed by atoms with van der Waals surface area (Å²) in [6.07, 6.45) is 0. The van der Waals surface area contributed by atoms with Gasteiger partial charge in [-0.15, -0.1) is 0 Å². The summed E-state index contributed by atoms with van der Waals surface area (Å²) in [7, 11) is 1.67. The normalized spacial score (nSPS) is 11.8. The van der Waals surface area contributed by atoms with Gasteiger partial charge < -0.3 is 10.5 Å². The van der Waals surface area contributed by atoms with Crippen LogP contribution in [0, 0.1) is 6.92 Å². The molecule has 0 radical (unpaired) electrons. The molecule has 0 atom stereocenters. The van der Waals surface area contributed by atoms with E-state index in [4.69, 9.17) is 15.5 Å². The van der Waals surface area contributed by atoms with Crippen LogP contribution in [0.3, 0.4) is 0 Å². The molecule has 0 spiro atoms. The maximum absolute atomic E-state index is 5.81. The topological polar surface area (TPSA) is 48.1 Å². The van der Waals surface area contributed by atoms with E-state index in [0.29, 0.717) is 6.54 Å². The molecule has 0 unspecified atom stereocenters.